The molecule has 0 bridgehead atoms. The zero-order valence-corrected chi connectivity index (χ0v) is 16.4. The van der Waals surface area contributed by atoms with Gasteiger partial charge in [0.25, 0.3) is 0 Å². The van der Waals surface area contributed by atoms with Crippen molar-refractivity contribution >= 4 is 33.2 Å². The first kappa shape index (κ1) is 20.0. The van der Waals surface area contributed by atoms with Crippen molar-refractivity contribution in [3.63, 3.8) is 0 Å². The zero-order chi connectivity index (χ0) is 18.6. The average molecular weight is 389 g/mol. The van der Waals surface area contributed by atoms with Gasteiger partial charge in [-0.25, -0.2) is 8.42 Å². The summed E-state index contributed by atoms with van der Waals surface area (Å²) in [4.78, 5) is 12.5. The van der Waals surface area contributed by atoms with Crippen LogP contribution in [0.2, 0.25) is 5.02 Å². The number of hydrogen-bond acceptors (Lipinski definition) is 4. The second kappa shape index (κ2) is 8.38. The molecule has 1 heterocycles. The summed E-state index contributed by atoms with van der Waals surface area (Å²) >= 11 is 6.20. The monoisotopic (exact) mass is 388 g/mol. The Hall–Kier alpha value is -1.31. The van der Waals surface area contributed by atoms with Gasteiger partial charge in [-0.1, -0.05) is 31.9 Å². The van der Waals surface area contributed by atoms with Gasteiger partial charge >= 0.3 is 0 Å². The van der Waals surface area contributed by atoms with Gasteiger partial charge in [0.2, 0.25) is 15.9 Å². The first-order valence-electron chi connectivity index (χ1n) is 8.38. The van der Waals surface area contributed by atoms with Crippen LogP contribution in [0, 0.1) is 5.92 Å². The fourth-order valence-electron chi connectivity index (χ4n) is 2.74. The van der Waals surface area contributed by atoms with E-state index in [9.17, 15) is 13.2 Å². The highest BCUT2D eigenvalue weighted by Gasteiger charge is 2.34. The van der Waals surface area contributed by atoms with E-state index in [0.29, 0.717) is 41.9 Å². The third-order valence-corrected chi connectivity index (χ3v) is 5.54. The molecule has 1 fully saturated rings. The van der Waals surface area contributed by atoms with Gasteiger partial charge in [-0.2, -0.15) is 4.31 Å². The van der Waals surface area contributed by atoms with Gasteiger partial charge in [-0.3, -0.25) is 4.79 Å². The van der Waals surface area contributed by atoms with Gasteiger partial charge in [-0.05, 0) is 37.0 Å². The van der Waals surface area contributed by atoms with Crippen LogP contribution in [0.3, 0.4) is 0 Å². The minimum absolute atomic E-state index is 0.336. The molecule has 1 saturated heterocycles. The molecule has 1 aliphatic rings. The number of nitrogens with zero attached hydrogens (tertiary/aromatic N) is 1. The van der Waals surface area contributed by atoms with E-state index in [0.717, 1.165) is 19.1 Å². The highest BCUT2D eigenvalue weighted by molar-refractivity contribution is 7.88. The van der Waals surface area contributed by atoms with Crippen molar-refractivity contribution in [2.75, 3.05) is 24.7 Å². The van der Waals surface area contributed by atoms with Crippen LogP contribution in [0.4, 0.5) is 5.69 Å². The van der Waals surface area contributed by atoms with Crippen LogP contribution >= 0.6 is 11.6 Å². The van der Waals surface area contributed by atoms with E-state index in [4.69, 9.17) is 16.3 Å². The molecule has 1 aliphatic heterocycles. The Bertz CT molecular complexity index is 721. The minimum atomic E-state index is -3.42. The van der Waals surface area contributed by atoms with Crippen LogP contribution in [0.5, 0.6) is 5.75 Å². The molecule has 1 aromatic carbocycles. The maximum absolute atomic E-state index is 12.5. The highest BCUT2D eigenvalue weighted by atomic mass is 35.5. The predicted octanol–water partition coefficient (Wildman–Crippen LogP) is 3.13. The first-order chi connectivity index (χ1) is 11.7. The van der Waals surface area contributed by atoms with Gasteiger partial charge < -0.3 is 10.1 Å². The molecule has 0 saturated carbocycles. The number of piperidine rings is 1. The Morgan fingerprint density at radius 2 is 2.12 bits per heavy atom. The third-order valence-electron chi connectivity index (χ3n) is 3.95. The van der Waals surface area contributed by atoms with E-state index in [-0.39, 0.29) is 5.91 Å². The van der Waals surface area contributed by atoms with Gasteiger partial charge in [0.15, 0.2) is 0 Å². The number of benzene rings is 1. The molecule has 1 N–H and O–H groups in total. The molecule has 25 heavy (non-hydrogen) atoms. The van der Waals surface area contributed by atoms with Gasteiger partial charge in [-0.15, -0.1) is 0 Å². The van der Waals surface area contributed by atoms with Crippen LogP contribution in [-0.4, -0.2) is 44.1 Å². The highest BCUT2D eigenvalue weighted by Crippen LogP contribution is 2.29. The van der Waals surface area contributed by atoms with E-state index < -0.39 is 16.1 Å². The van der Waals surface area contributed by atoms with Crippen LogP contribution in [-0.2, 0) is 14.8 Å². The lowest BCUT2D eigenvalue weighted by atomic mass is 10.0. The average Bonchev–Trinajstić information content (AvgIpc) is 2.53. The molecule has 0 aromatic heterocycles. The molecule has 0 spiro atoms. The molecule has 8 heteroatoms. The topological polar surface area (TPSA) is 75.7 Å². The van der Waals surface area contributed by atoms with Gasteiger partial charge in [0.1, 0.15) is 11.8 Å². The fourth-order valence-corrected chi connectivity index (χ4v) is 4.10. The van der Waals surface area contributed by atoms with Crippen molar-refractivity contribution in [2.45, 2.75) is 39.2 Å². The number of carbonyl (C=O) groups excluding carboxylic acids is 1. The lowest BCUT2D eigenvalue weighted by Crippen LogP contribution is -2.49. The Morgan fingerprint density at radius 1 is 1.40 bits per heavy atom. The molecule has 1 amide bonds. The van der Waals surface area contributed by atoms with Crippen molar-refractivity contribution in [1.82, 2.24) is 4.31 Å². The molecule has 1 aromatic rings. The van der Waals surface area contributed by atoms with Crippen LogP contribution in [0.15, 0.2) is 18.2 Å². The van der Waals surface area contributed by atoms with E-state index in [1.807, 2.05) is 13.8 Å². The number of nitrogens with one attached hydrogen (secondary N) is 1. The number of halogens is 1. The van der Waals surface area contributed by atoms with E-state index in [2.05, 4.69) is 5.32 Å². The predicted molar refractivity (Wildman–Crippen MR) is 99.6 cm³/mol. The molecular weight excluding hydrogens is 364 g/mol. The first-order valence-corrected chi connectivity index (χ1v) is 10.6. The van der Waals surface area contributed by atoms with Crippen molar-refractivity contribution in [1.29, 1.82) is 0 Å². The number of ether oxygens (including phenoxy) is 1. The summed E-state index contributed by atoms with van der Waals surface area (Å²) in [6.45, 7) is 5.01. The Morgan fingerprint density at radius 3 is 2.72 bits per heavy atom. The van der Waals surface area contributed by atoms with Crippen LogP contribution < -0.4 is 10.1 Å². The maximum atomic E-state index is 12.5. The lowest BCUT2D eigenvalue weighted by molar-refractivity contribution is -0.120. The Balaban J connectivity index is 2.08. The largest absolute Gasteiger partial charge is 0.492 e. The summed E-state index contributed by atoms with van der Waals surface area (Å²) in [6, 6.07) is 4.34. The number of amides is 1. The van der Waals surface area contributed by atoms with Crippen molar-refractivity contribution < 1.29 is 17.9 Å². The quantitative estimate of drug-likeness (QED) is 0.812. The third kappa shape index (κ3) is 5.59. The molecule has 0 aliphatic carbocycles. The smallest absolute Gasteiger partial charge is 0.242 e. The summed E-state index contributed by atoms with van der Waals surface area (Å²) in [5.74, 6) is 0.601. The molecule has 140 valence electrons. The molecule has 1 atom stereocenters. The van der Waals surface area contributed by atoms with Gasteiger partial charge in [0.05, 0.1) is 17.9 Å². The summed E-state index contributed by atoms with van der Waals surface area (Å²) in [6.07, 6.45) is 3.25. The summed E-state index contributed by atoms with van der Waals surface area (Å²) in [5.41, 5.74) is 0.519. The van der Waals surface area contributed by atoms with Crippen molar-refractivity contribution in [3.8, 4) is 5.75 Å². The Kier molecular flexibility index (Phi) is 6.71. The second-order valence-electron chi connectivity index (χ2n) is 6.72. The number of hydrogen-bond donors (Lipinski definition) is 1. The molecule has 0 radical (unpaired) electrons. The summed E-state index contributed by atoms with van der Waals surface area (Å²) in [7, 11) is -3.42. The molecule has 2 rings (SSSR count). The van der Waals surface area contributed by atoms with Gasteiger partial charge in [0, 0.05) is 12.2 Å². The lowest BCUT2D eigenvalue weighted by Gasteiger charge is -2.32. The number of carbonyl (C=O) groups is 1. The van der Waals surface area contributed by atoms with E-state index >= 15 is 0 Å². The van der Waals surface area contributed by atoms with Crippen LogP contribution in [0.25, 0.3) is 0 Å². The van der Waals surface area contributed by atoms with E-state index in [1.54, 1.807) is 18.2 Å². The number of anilines is 1. The SMILES string of the molecule is CC(C)COc1ccc(NC(=O)[C@@H]2CCCCN2S(C)(=O)=O)cc1Cl. The van der Waals surface area contributed by atoms with Crippen molar-refractivity contribution in [3.05, 3.63) is 23.2 Å². The second-order valence-corrected chi connectivity index (χ2v) is 9.07. The van der Waals surface area contributed by atoms with Crippen molar-refractivity contribution in [2.24, 2.45) is 5.92 Å². The summed E-state index contributed by atoms with van der Waals surface area (Å²) in [5, 5.41) is 3.17. The number of rotatable bonds is 6. The van der Waals surface area contributed by atoms with Crippen LogP contribution in [0.1, 0.15) is 33.1 Å². The minimum Gasteiger partial charge on any atom is -0.492 e. The molecular formula is C17H25ClN2O4S. The Labute approximate surface area is 154 Å². The molecule has 6 nitrogen and oxygen atoms in total. The number of sulfonamides is 1. The zero-order valence-electron chi connectivity index (χ0n) is 14.8. The fraction of sp³-hybridized carbons (Fsp3) is 0.588. The van der Waals surface area contributed by atoms with E-state index in [1.165, 1.54) is 4.31 Å². The normalized spacial score (nSPS) is 19.0. The maximum Gasteiger partial charge on any atom is 0.242 e. The summed E-state index contributed by atoms with van der Waals surface area (Å²) < 4.78 is 30.7. The molecule has 0 unspecified atom stereocenters. The standard InChI is InChI=1S/C17H25ClN2O4S/c1-12(2)11-24-16-8-7-13(10-14(16)18)19-17(21)15-6-4-5-9-20(15)25(3,22)23/h7-8,10,12,15H,4-6,9,11H2,1-3H3,(H,19,21)/t15-/m0/s1.